The van der Waals surface area contributed by atoms with E-state index < -0.39 is 0 Å². The highest BCUT2D eigenvalue weighted by Gasteiger charge is 2.26. The fourth-order valence-electron chi connectivity index (χ4n) is 1.57. The molecule has 0 aromatic carbocycles. The molecule has 98 valence electrons. The van der Waals surface area contributed by atoms with Crippen LogP contribution in [0.25, 0.3) is 0 Å². The molecule has 18 heavy (non-hydrogen) atoms. The lowest BCUT2D eigenvalue weighted by Crippen LogP contribution is -2.23. The minimum absolute atomic E-state index is 0.110. The molecule has 1 aliphatic carbocycles. The van der Waals surface area contributed by atoms with Gasteiger partial charge in [-0.05, 0) is 12.8 Å². The molecule has 1 amide bonds. The van der Waals surface area contributed by atoms with E-state index >= 15 is 0 Å². The highest BCUT2D eigenvalue weighted by molar-refractivity contribution is 5.92. The van der Waals surface area contributed by atoms with Crippen LogP contribution in [0.2, 0.25) is 0 Å². The molecule has 1 aromatic rings. The van der Waals surface area contributed by atoms with Crippen LogP contribution in [0.5, 0.6) is 5.75 Å². The van der Waals surface area contributed by atoms with E-state index in [4.69, 9.17) is 4.74 Å². The number of carbonyl (C=O) groups is 1. The maximum atomic E-state index is 11.9. The molecule has 1 aliphatic rings. The summed E-state index contributed by atoms with van der Waals surface area (Å²) in [5.74, 6) is 0.628. The molecule has 0 spiro atoms. The zero-order valence-corrected chi connectivity index (χ0v) is 11.3. The Morgan fingerprint density at radius 3 is 2.50 bits per heavy atom. The standard InChI is InChI=1S/C13H19N3O2/c1-15(2)11-8-14-10(13(17)16(3)4)7-12(11)18-9-5-6-9/h7-9H,5-6H2,1-4H3. The van der Waals surface area contributed by atoms with Gasteiger partial charge in [-0.2, -0.15) is 0 Å². The summed E-state index contributed by atoms with van der Waals surface area (Å²) in [5.41, 5.74) is 1.32. The number of hydrogen-bond acceptors (Lipinski definition) is 4. The molecular formula is C13H19N3O2. The zero-order valence-electron chi connectivity index (χ0n) is 11.3. The molecule has 2 rings (SSSR count). The number of pyridine rings is 1. The molecule has 0 N–H and O–H groups in total. The Kier molecular flexibility index (Phi) is 3.41. The predicted octanol–water partition coefficient (Wildman–Crippen LogP) is 1.39. The van der Waals surface area contributed by atoms with E-state index in [1.807, 2.05) is 19.0 Å². The normalized spacial score (nSPS) is 14.2. The summed E-state index contributed by atoms with van der Waals surface area (Å²) < 4.78 is 5.84. The number of amides is 1. The van der Waals surface area contributed by atoms with Gasteiger partial charge in [0.15, 0.2) is 0 Å². The van der Waals surface area contributed by atoms with Gasteiger partial charge in [0.05, 0.1) is 18.0 Å². The summed E-state index contributed by atoms with van der Waals surface area (Å²) in [6.07, 6.45) is 4.17. The molecule has 1 aromatic heterocycles. The van der Waals surface area contributed by atoms with Gasteiger partial charge in [0.1, 0.15) is 11.4 Å². The van der Waals surface area contributed by atoms with Crippen LogP contribution < -0.4 is 9.64 Å². The summed E-state index contributed by atoms with van der Waals surface area (Å²) in [6, 6.07) is 1.73. The number of carbonyl (C=O) groups excluding carboxylic acids is 1. The van der Waals surface area contributed by atoms with E-state index in [1.54, 1.807) is 26.4 Å². The van der Waals surface area contributed by atoms with Crippen LogP contribution in [0.3, 0.4) is 0 Å². The second-order valence-electron chi connectivity index (χ2n) is 4.95. The lowest BCUT2D eigenvalue weighted by molar-refractivity contribution is 0.0821. The molecule has 5 nitrogen and oxygen atoms in total. The summed E-state index contributed by atoms with van der Waals surface area (Å²) in [6.45, 7) is 0. The van der Waals surface area contributed by atoms with Gasteiger partial charge in [0.25, 0.3) is 5.91 Å². The van der Waals surface area contributed by atoms with E-state index in [9.17, 15) is 4.79 Å². The van der Waals surface area contributed by atoms with Gasteiger partial charge < -0.3 is 14.5 Å². The first-order valence-electron chi connectivity index (χ1n) is 6.04. The van der Waals surface area contributed by atoms with Crippen LogP contribution in [0.1, 0.15) is 23.3 Å². The summed E-state index contributed by atoms with van der Waals surface area (Å²) in [4.78, 5) is 19.5. The maximum Gasteiger partial charge on any atom is 0.272 e. The minimum atomic E-state index is -0.110. The van der Waals surface area contributed by atoms with Crippen molar-refractivity contribution in [1.82, 2.24) is 9.88 Å². The lowest BCUT2D eigenvalue weighted by atomic mass is 10.2. The Morgan fingerprint density at radius 2 is 2.00 bits per heavy atom. The smallest absolute Gasteiger partial charge is 0.272 e. The number of hydrogen-bond donors (Lipinski definition) is 0. The summed E-state index contributed by atoms with van der Waals surface area (Å²) in [5, 5.41) is 0. The first-order valence-corrected chi connectivity index (χ1v) is 6.04. The van der Waals surface area contributed by atoms with Crippen LogP contribution in [0.4, 0.5) is 5.69 Å². The molecule has 5 heteroatoms. The number of aromatic nitrogens is 1. The highest BCUT2D eigenvalue weighted by atomic mass is 16.5. The van der Waals surface area contributed by atoms with Crippen molar-refractivity contribution >= 4 is 11.6 Å². The van der Waals surface area contributed by atoms with E-state index in [2.05, 4.69) is 4.98 Å². The van der Waals surface area contributed by atoms with Crippen LogP contribution >= 0.6 is 0 Å². The number of nitrogens with zero attached hydrogens (tertiary/aromatic N) is 3. The quantitative estimate of drug-likeness (QED) is 0.809. The van der Waals surface area contributed by atoms with Crippen molar-refractivity contribution in [1.29, 1.82) is 0 Å². The van der Waals surface area contributed by atoms with Gasteiger partial charge in [-0.15, -0.1) is 0 Å². The van der Waals surface area contributed by atoms with Crippen molar-refractivity contribution in [3.05, 3.63) is 18.0 Å². The summed E-state index contributed by atoms with van der Waals surface area (Å²) >= 11 is 0. The molecular weight excluding hydrogens is 230 g/mol. The Balaban J connectivity index is 2.31. The van der Waals surface area contributed by atoms with Crippen molar-refractivity contribution in [2.24, 2.45) is 0 Å². The molecule has 1 saturated carbocycles. The van der Waals surface area contributed by atoms with Crippen molar-refractivity contribution in [3.63, 3.8) is 0 Å². The number of rotatable bonds is 4. The first kappa shape index (κ1) is 12.7. The fraction of sp³-hybridized carbons (Fsp3) is 0.538. The lowest BCUT2D eigenvalue weighted by Gasteiger charge is -2.18. The molecule has 0 radical (unpaired) electrons. The van der Waals surface area contributed by atoms with Crippen molar-refractivity contribution in [3.8, 4) is 5.75 Å². The molecule has 0 unspecified atom stereocenters. The predicted molar refractivity (Wildman–Crippen MR) is 70.2 cm³/mol. The van der Waals surface area contributed by atoms with E-state index in [0.29, 0.717) is 11.8 Å². The summed E-state index contributed by atoms with van der Waals surface area (Å²) in [7, 11) is 7.30. The molecule has 0 saturated heterocycles. The Bertz CT molecular complexity index is 454. The number of ether oxygens (including phenoxy) is 1. The monoisotopic (exact) mass is 249 g/mol. The van der Waals surface area contributed by atoms with Gasteiger partial charge in [0.2, 0.25) is 0 Å². The Morgan fingerprint density at radius 1 is 1.33 bits per heavy atom. The van der Waals surface area contributed by atoms with E-state index in [1.165, 1.54) is 4.90 Å². The van der Waals surface area contributed by atoms with Crippen molar-refractivity contribution < 1.29 is 9.53 Å². The third kappa shape index (κ3) is 2.72. The molecule has 0 bridgehead atoms. The SMILES string of the molecule is CN(C)C(=O)c1cc(OC2CC2)c(N(C)C)cn1. The maximum absolute atomic E-state index is 11.9. The molecule has 0 aliphatic heterocycles. The van der Waals surface area contributed by atoms with Crippen LogP contribution in [-0.4, -0.2) is 50.1 Å². The second-order valence-corrected chi connectivity index (χ2v) is 4.95. The third-order valence-corrected chi connectivity index (χ3v) is 2.77. The number of anilines is 1. The fourth-order valence-corrected chi connectivity index (χ4v) is 1.57. The molecule has 1 fully saturated rings. The Labute approximate surface area is 107 Å². The Hall–Kier alpha value is -1.78. The van der Waals surface area contributed by atoms with E-state index in [-0.39, 0.29) is 5.91 Å². The molecule has 1 heterocycles. The van der Waals surface area contributed by atoms with E-state index in [0.717, 1.165) is 24.3 Å². The minimum Gasteiger partial charge on any atom is -0.488 e. The molecule has 0 atom stereocenters. The zero-order chi connectivity index (χ0) is 13.3. The van der Waals surface area contributed by atoms with Crippen LogP contribution in [0, 0.1) is 0 Å². The van der Waals surface area contributed by atoms with Gasteiger partial charge in [-0.1, -0.05) is 0 Å². The van der Waals surface area contributed by atoms with Crippen molar-refractivity contribution in [2.45, 2.75) is 18.9 Å². The topological polar surface area (TPSA) is 45.7 Å². The average molecular weight is 249 g/mol. The average Bonchev–Trinajstić information content (AvgIpc) is 3.11. The first-order chi connectivity index (χ1) is 8.49. The van der Waals surface area contributed by atoms with Crippen LogP contribution in [-0.2, 0) is 0 Å². The van der Waals surface area contributed by atoms with Gasteiger partial charge in [-0.25, -0.2) is 4.98 Å². The third-order valence-electron chi connectivity index (χ3n) is 2.77. The van der Waals surface area contributed by atoms with Gasteiger partial charge in [0, 0.05) is 34.3 Å². The van der Waals surface area contributed by atoms with Gasteiger partial charge in [-0.3, -0.25) is 4.79 Å². The second kappa shape index (κ2) is 4.84. The van der Waals surface area contributed by atoms with Crippen LogP contribution in [0.15, 0.2) is 12.3 Å². The largest absolute Gasteiger partial charge is 0.488 e. The van der Waals surface area contributed by atoms with Crippen molar-refractivity contribution in [2.75, 3.05) is 33.1 Å². The van der Waals surface area contributed by atoms with Gasteiger partial charge >= 0.3 is 0 Å². The highest BCUT2D eigenvalue weighted by Crippen LogP contribution is 2.33.